The van der Waals surface area contributed by atoms with E-state index in [1.54, 1.807) is 4.90 Å². The third-order valence-electron chi connectivity index (χ3n) is 5.67. The van der Waals surface area contributed by atoms with Gasteiger partial charge in [-0.3, -0.25) is 14.5 Å². The summed E-state index contributed by atoms with van der Waals surface area (Å²) in [5.74, 6) is 0.949. The number of aryl methyl sites for hydroxylation is 3. The van der Waals surface area contributed by atoms with Gasteiger partial charge >= 0.3 is 0 Å². The zero-order valence-electron chi connectivity index (χ0n) is 17.6. The van der Waals surface area contributed by atoms with Gasteiger partial charge in [0.15, 0.2) is 0 Å². The second-order valence-electron chi connectivity index (χ2n) is 7.99. The lowest BCUT2D eigenvalue weighted by Crippen LogP contribution is -2.37. The number of benzene rings is 2. The molecule has 0 fully saturated rings. The fourth-order valence-corrected chi connectivity index (χ4v) is 4.05. The van der Waals surface area contributed by atoms with Crippen molar-refractivity contribution in [2.24, 2.45) is 0 Å². The predicted octanol–water partition coefficient (Wildman–Crippen LogP) is 4.50. The highest BCUT2D eigenvalue weighted by Crippen LogP contribution is 2.24. The van der Waals surface area contributed by atoms with E-state index in [0.29, 0.717) is 13.0 Å². The zero-order valence-corrected chi connectivity index (χ0v) is 17.6. The number of fused-ring (bicyclic) bond motifs is 1. The standard InChI is InChI=1S/C25H27N3O2/c1-18-15-22(20-7-4-3-5-8-20)10-9-21(18)17-23(29)11-12-25(30)27-13-6-14-28-24(27)16-19(2)26-28/h3-5,7-10,15-16H,6,11-14,17H2,1-2H3. The van der Waals surface area contributed by atoms with Crippen molar-refractivity contribution in [2.75, 3.05) is 11.4 Å². The number of hydrogen-bond acceptors (Lipinski definition) is 3. The number of carbonyl (C=O) groups excluding carboxylic acids is 2. The first-order chi connectivity index (χ1) is 14.5. The molecule has 2 heterocycles. The number of hydrogen-bond donors (Lipinski definition) is 0. The van der Waals surface area contributed by atoms with E-state index in [4.69, 9.17) is 0 Å². The van der Waals surface area contributed by atoms with Gasteiger partial charge in [-0.1, -0.05) is 48.5 Å². The number of nitrogens with zero attached hydrogens (tertiary/aromatic N) is 3. The highest BCUT2D eigenvalue weighted by molar-refractivity contribution is 5.95. The van der Waals surface area contributed by atoms with E-state index >= 15 is 0 Å². The topological polar surface area (TPSA) is 55.2 Å². The maximum absolute atomic E-state index is 12.7. The number of amides is 1. The summed E-state index contributed by atoms with van der Waals surface area (Å²) in [4.78, 5) is 27.1. The summed E-state index contributed by atoms with van der Waals surface area (Å²) in [5, 5.41) is 4.43. The quantitative estimate of drug-likeness (QED) is 0.611. The molecule has 0 saturated heterocycles. The Balaban J connectivity index is 1.36. The van der Waals surface area contributed by atoms with Crippen molar-refractivity contribution in [3.63, 3.8) is 0 Å². The third-order valence-corrected chi connectivity index (χ3v) is 5.67. The van der Waals surface area contributed by atoms with Gasteiger partial charge < -0.3 is 0 Å². The first-order valence-electron chi connectivity index (χ1n) is 10.5. The molecule has 154 valence electrons. The number of rotatable bonds is 6. The minimum atomic E-state index is 0.000322. The van der Waals surface area contributed by atoms with Crippen LogP contribution in [0.1, 0.15) is 36.1 Å². The molecule has 1 aromatic heterocycles. The van der Waals surface area contributed by atoms with Crippen molar-refractivity contribution < 1.29 is 9.59 Å². The van der Waals surface area contributed by atoms with E-state index < -0.39 is 0 Å². The van der Waals surface area contributed by atoms with E-state index in [1.165, 1.54) is 5.56 Å². The molecule has 0 spiro atoms. The average molecular weight is 402 g/mol. The fourth-order valence-electron chi connectivity index (χ4n) is 4.05. The lowest BCUT2D eigenvalue weighted by Gasteiger charge is -2.27. The molecule has 2 aromatic carbocycles. The Hall–Kier alpha value is -3.21. The van der Waals surface area contributed by atoms with Crippen LogP contribution >= 0.6 is 0 Å². The molecule has 4 rings (SSSR count). The summed E-state index contributed by atoms with van der Waals surface area (Å²) in [5.41, 5.74) is 5.36. The van der Waals surface area contributed by atoms with Crippen molar-refractivity contribution in [3.8, 4) is 11.1 Å². The van der Waals surface area contributed by atoms with Gasteiger partial charge in [0.25, 0.3) is 0 Å². The van der Waals surface area contributed by atoms with Crippen LogP contribution in [0, 0.1) is 13.8 Å². The second kappa shape index (κ2) is 8.66. The number of ketones is 1. The molecule has 0 unspecified atom stereocenters. The first-order valence-corrected chi connectivity index (χ1v) is 10.5. The Morgan fingerprint density at radius 1 is 0.933 bits per heavy atom. The Morgan fingerprint density at radius 2 is 1.73 bits per heavy atom. The van der Waals surface area contributed by atoms with E-state index in [9.17, 15) is 9.59 Å². The zero-order chi connectivity index (χ0) is 21.1. The summed E-state index contributed by atoms with van der Waals surface area (Å²) >= 11 is 0. The molecule has 5 nitrogen and oxygen atoms in total. The lowest BCUT2D eigenvalue weighted by atomic mass is 9.96. The minimum absolute atomic E-state index is 0.000322. The number of Topliss-reactive ketones (excluding diaryl/α,β-unsaturated/α-hetero) is 1. The van der Waals surface area contributed by atoms with E-state index in [0.717, 1.165) is 41.2 Å². The smallest absolute Gasteiger partial charge is 0.228 e. The molecule has 30 heavy (non-hydrogen) atoms. The van der Waals surface area contributed by atoms with Crippen molar-refractivity contribution in [1.82, 2.24) is 9.78 Å². The van der Waals surface area contributed by atoms with Crippen molar-refractivity contribution in [3.05, 3.63) is 71.4 Å². The highest BCUT2D eigenvalue weighted by atomic mass is 16.2. The van der Waals surface area contributed by atoms with Crippen molar-refractivity contribution >= 4 is 17.5 Å². The van der Waals surface area contributed by atoms with Crippen LogP contribution in [0.15, 0.2) is 54.6 Å². The maximum Gasteiger partial charge on any atom is 0.228 e. The van der Waals surface area contributed by atoms with Gasteiger partial charge in [0.2, 0.25) is 5.91 Å². The average Bonchev–Trinajstić information content (AvgIpc) is 3.14. The third kappa shape index (κ3) is 4.35. The predicted molar refractivity (Wildman–Crippen MR) is 118 cm³/mol. The van der Waals surface area contributed by atoms with Crippen LogP contribution in [0.5, 0.6) is 0 Å². The summed E-state index contributed by atoms with van der Waals surface area (Å²) in [6.07, 6.45) is 1.76. The molecule has 1 amide bonds. The summed E-state index contributed by atoms with van der Waals surface area (Å²) in [6, 6.07) is 18.4. The normalized spacial score (nSPS) is 13.2. The number of anilines is 1. The fraction of sp³-hybridized carbons (Fsp3) is 0.320. The van der Waals surface area contributed by atoms with Gasteiger partial charge in [0.05, 0.1) is 5.69 Å². The summed E-state index contributed by atoms with van der Waals surface area (Å²) in [6.45, 7) is 5.50. The minimum Gasteiger partial charge on any atom is -0.299 e. The van der Waals surface area contributed by atoms with Crippen LogP contribution in [0.4, 0.5) is 5.82 Å². The molecular weight excluding hydrogens is 374 g/mol. The maximum atomic E-state index is 12.7. The van der Waals surface area contributed by atoms with Crippen LogP contribution < -0.4 is 4.90 Å². The van der Waals surface area contributed by atoms with Crippen LogP contribution in [0.3, 0.4) is 0 Å². The summed E-state index contributed by atoms with van der Waals surface area (Å²) < 4.78 is 1.89. The Kier molecular flexibility index (Phi) is 5.79. The molecule has 1 aliphatic rings. The Morgan fingerprint density at radius 3 is 2.50 bits per heavy atom. The van der Waals surface area contributed by atoms with Gasteiger partial charge in [-0.2, -0.15) is 5.10 Å². The molecule has 0 bridgehead atoms. The molecule has 0 saturated carbocycles. The monoisotopic (exact) mass is 401 g/mol. The molecule has 5 heteroatoms. The SMILES string of the molecule is Cc1cc2n(n1)CCCN2C(=O)CCC(=O)Cc1ccc(-c2ccccc2)cc1C. The molecular formula is C25H27N3O2. The second-order valence-corrected chi connectivity index (χ2v) is 7.99. The van der Waals surface area contributed by atoms with E-state index in [2.05, 4.69) is 29.4 Å². The van der Waals surface area contributed by atoms with Gasteiger partial charge in [-0.05, 0) is 42.5 Å². The number of carbonyl (C=O) groups is 2. The van der Waals surface area contributed by atoms with Crippen LogP contribution in [-0.4, -0.2) is 28.0 Å². The van der Waals surface area contributed by atoms with Crippen LogP contribution in [0.2, 0.25) is 0 Å². The van der Waals surface area contributed by atoms with Crippen LogP contribution in [-0.2, 0) is 22.6 Å². The van der Waals surface area contributed by atoms with Crippen LogP contribution in [0.25, 0.3) is 11.1 Å². The molecule has 0 radical (unpaired) electrons. The molecule has 1 aliphatic heterocycles. The molecule has 3 aromatic rings. The van der Waals surface area contributed by atoms with E-state index in [1.807, 2.05) is 48.9 Å². The van der Waals surface area contributed by atoms with E-state index in [-0.39, 0.29) is 24.5 Å². The summed E-state index contributed by atoms with van der Waals surface area (Å²) in [7, 11) is 0. The molecule has 0 N–H and O–H groups in total. The first kappa shape index (κ1) is 20.1. The van der Waals surface area contributed by atoms with Gasteiger partial charge in [-0.15, -0.1) is 0 Å². The number of aromatic nitrogens is 2. The molecule has 0 atom stereocenters. The highest BCUT2D eigenvalue weighted by Gasteiger charge is 2.24. The Bertz CT molecular complexity index is 1070. The van der Waals surface area contributed by atoms with Gasteiger partial charge in [0.1, 0.15) is 11.6 Å². The Labute approximate surface area is 177 Å². The van der Waals surface area contributed by atoms with Crippen molar-refractivity contribution in [2.45, 2.75) is 46.1 Å². The van der Waals surface area contributed by atoms with Gasteiger partial charge in [0, 0.05) is 38.4 Å². The lowest BCUT2D eigenvalue weighted by molar-refractivity contribution is -0.123. The largest absolute Gasteiger partial charge is 0.299 e. The van der Waals surface area contributed by atoms with Crippen molar-refractivity contribution in [1.29, 1.82) is 0 Å². The van der Waals surface area contributed by atoms with Gasteiger partial charge in [-0.25, -0.2) is 4.68 Å². The molecule has 0 aliphatic carbocycles.